The van der Waals surface area contributed by atoms with Crippen molar-refractivity contribution in [2.45, 2.75) is 12.8 Å². The van der Waals surface area contributed by atoms with Crippen molar-refractivity contribution in [2.75, 3.05) is 6.54 Å². The smallest absolute Gasteiger partial charge is 0.00431 e. The average Bonchev–Trinajstić information content (AvgIpc) is 2.60. The van der Waals surface area contributed by atoms with Crippen LogP contribution in [0.3, 0.4) is 0 Å². The molecule has 2 aliphatic carbocycles. The third-order valence-corrected chi connectivity index (χ3v) is 2.76. The second kappa shape index (κ2) is 1.84. The van der Waals surface area contributed by atoms with Gasteiger partial charge in [0.15, 0.2) is 0 Å². The molecule has 1 nitrogen and oxygen atoms in total. The molecule has 0 spiro atoms. The van der Waals surface area contributed by atoms with Crippen LogP contribution in [0, 0.1) is 17.8 Å². The molecule has 2 N–H and O–H groups in total. The minimum absolute atomic E-state index is 0.875. The van der Waals surface area contributed by atoms with E-state index in [1.54, 1.807) is 0 Å². The van der Waals surface area contributed by atoms with E-state index < -0.39 is 0 Å². The van der Waals surface area contributed by atoms with E-state index in [0.717, 1.165) is 24.3 Å². The Balaban J connectivity index is 1.98. The van der Waals surface area contributed by atoms with Gasteiger partial charge in [-0.05, 0) is 37.1 Å². The molecular formula is C8H13N. The number of hydrogen-bond acceptors (Lipinski definition) is 1. The molecule has 0 heterocycles. The summed E-state index contributed by atoms with van der Waals surface area (Å²) in [6.45, 7) is 0.914. The largest absolute Gasteiger partial charge is 0.330 e. The molecule has 0 aromatic heterocycles. The molecule has 0 saturated heterocycles. The van der Waals surface area contributed by atoms with Crippen LogP contribution in [0.25, 0.3) is 0 Å². The molecule has 2 aliphatic rings. The van der Waals surface area contributed by atoms with Gasteiger partial charge in [-0.3, -0.25) is 0 Å². The third kappa shape index (κ3) is 0.715. The zero-order valence-electron chi connectivity index (χ0n) is 5.59. The van der Waals surface area contributed by atoms with Crippen molar-refractivity contribution < 1.29 is 0 Å². The highest BCUT2D eigenvalue weighted by Gasteiger charge is 2.47. The molecule has 1 heteroatoms. The maximum Gasteiger partial charge on any atom is -0.00431 e. The molecule has 2 rings (SSSR count). The van der Waals surface area contributed by atoms with Crippen LogP contribution in [-0.4, -0.2) is 6.54 Å². The van der Waals surface area contributed by atoms with Gasteiger partial charge in [0.25, 0.3) is 0 Å². The summed E-state index contributed by atoms with van der Waals surface area (Å²) in [6, 6.07) is 0. The van der Waals surface area contributed by atoms with E-state index in [-0.39, 0.29) is 0 Å². The van der Waals surface area contributed by atoms with Gasteiger partial charge >= 0.3 is 0 Å². The van der Waals surface area contributed by atoms with Gasteiger partial charge in [-0.15, -0.1) is 0 Å². The number of fused-ring (bicyclic) bond motifs is 1. The number of nitrogens with two attached hydrogens (primary N) is 1. The molecule has 1 fully saturated rings. The Morgan fingerprint density at radius 3 is 2.22 bits per heavy atom. The van der Waals surface area contributed by atoms with Crippen molar-refractivity contribution in [3.8, 4) is 0 Å². The molecule has 0 aromatic carbocycles. The summed E-state index contributed by atoms with van der Waals surface area (Å²) >= 11 is 0. The van der Waals surface area contributed by atoms with Crippen molar-refractivity contribution in [1.82, 2.24) is 0 Å². The SMILES string of the molecule is NCC1C2CC=CCC12. The number of rotatable bonds is 1. The van der Waals surface area contributed by atoms with Gasteiger partial charge in [0, 0.05) is 0 Å². The molecule has 2 atom stereocenters. The lowest BCUT2D eigenvalue weighted by Crippen LogP contribution is -2.02. The maximum absolute atomic E-state index is 5.57. The normalized spacial score (nSPS) is 46.6. The van der Waals surface area contributed by atoms with Crippen LogP contribution < -0.4 is 5.73 Å². The topological polar surface area (TPSA) is 26.0 Å². The van der Waals surface area contributed by atoms with Crippen molar-refractivity contribution in [2.24, 2.45) is 23.5 Å². The Kier molecular flexibility index (Phi) is 1.12. The van der Waals surface area contributed by atoms with E-state index in [1.165, 1.54) is 12.8 Å². The lowest BCUT2D eigenvalue weighted by Gasteiger charge is -1.96. The highest BCUT2D eigenvalue weighted by Crippen LogP contribution is 2.52. The quantitative estimate of drug-likeness (QED) is 0.520. The molecule has 1 saturated carbocycles. The Bertz CT molecular complexity index is 126. The van der Waals surface area contributed by atoms with Crippen LogP contribution in [-0.2, 0) is 0 Å². The van der Waals surface area contributed by atoms with Crippen molar-refractivity contribution in [3.63, 3.8) is 0 Å². The highest BCUT2D eigenvalue weighted by atomic mass is 14.7. The van der Waals surface area contributed by atoms with Crippen molar-refractivity contribution in [3.05, 3.63) is 12.2 Å². The van der Waals surface area contributed by atoms with Crippen LogP contribution in [0.5, 0.6) is 0 Å². The first-order chi connectivity index (χ1) is 4.43. The molecule has 50 valence electrons. The number of allylic oxidation sites excluding steroid dienone is 2. The molecular weight excluding hydrogens is 110 g/mol. The lowest BCUT2D eigenvalue weighted by molar-refractivity contribution is 0.689. The second-order valence-corrected chi connectivity index (χ2v) is 3.17. The predicted octanol–water partition coefficient (Wildman–Crippen LogP) is 1.16. The van der Waals surface area contributed by atoms with E-state index in [4.69, 9.17) is 5.73 Å². The summed E-state index contributed by atoms with van der Waals surface area (Å²) < 4.78 is 0. The van der Waals surface area contributed by atoms with Crippen LogP contribution in [0.2, 0.25) is 0 Å². The first-order valence-electron chi connectivity index (χ1n) is 3.78. The van der Waals surface area contributed by atoms with Gasteiger partial charge < -0.3 is 5.73 Å². The summed E-state index contributed by atoms with van der Waals surface area (Å²) in [4.78, 5) is 0. The summed E-state index contributed by atoms with van der Waals surface area (Å²) in [5.41, 5.74) is 5.57. The van der Waals surface area contributed by atoms with Gasteiger partial charge in [-0.2, -0.15) is 0 Å². The molecule has 0 bridgehead atoms. The monoisotopic (exact) mass is 123 g/mol. The van der Waals surface area contributed by atoms with Gasteiger partial charge in [0.05, 0.1) is 0 Å². The Morgan fingerprint density at radius 2 is 1.78 bits per heavy atom. The fourth-order valence-corrected chi connectivity index (χ4v) is 2.08. The van der Waals surface area contributed by atoms with E-state index in [9.17, 15) is 0 Å². The zero-order valence-corrected chi connectivity index (χ0v) is 5.59. The van der Waals surface area contributed by atoms with Crippen LogP contribution in [0.15, 0.2) is 12.2 Å². The van der Waals surface area contributed by atoms with E-state index >= 15 is 0 Å². The van der Waals surface area contributed by atoms with Gasteiger partial charge in [0.2, 0.25) is 0 Å². The summed E-state index contributed by atoms with van der Waals surface area (Å²) in [5, 5.41) is 0. The average molecular weight is 123 g/mol. The van der Waals surface area contributed by atoms with Crippen LogP contribution in [0.4, 0.5) is 0 Å². The Hall–Kier alpha value is -0.300. The summed E-state index contributed by atoms with van der Waals surface area (Å²) in [6.07, 6.45) is 7.20. The molecule has 2 unspecified atom stereocenters. The second-order valence-electron chi connectivity index (χ2n) is 3.17. The minimum atomic E-state index is 0.875. The molecule has 0 amide bonds. The fraction of sp³-hybridized carbons (Fsp3) is 0.750. The Labute approximate surface area is 55.9 Å². The fourth-order valence-electron chi connectivity index (χ4n) is 2.08. The molecule has 0 aromatic rings. The van der Waals surface area contributed by atoms with Gasteiger partial charge in [0.1, 0.15) is 0 Å². The summed E-state index contributed by atoms with van der Waals surface area (Å²) in [5.74, 6) is 2.82. The molecule has 9 heavy (non-hydrogen) atoms. The van der Waals surface area contributed by atoms with Crippen molar-refractivity contribution in [1.29, 1.82) is 0 Å². The maximum atomic E-state index is 5.57. The van der Waals surface area contributed by atoms with Crippen molar-refractivity contribution >= 4 is 0 Å². The standard InChI is InChI=1S/C8H13N/c9-5-8-6-3-1-2-4-7(6)8/h1-2,6-8H,3-5,9H2. The van der Waals surface area contributed by atoms with Gasteiger partial charge in [-0.25, -0.2) is 0 Å². The predicted molar refractivity (Wildman–Crippen MR) is 37.9 cm³/mol. The summed E-state index contributed by atoms with van der Waals surface area (Å²) in [7, 11) is 0. The minimum Gasteiger partial charge on any atom is -0.330 e. The Morgan fingerprint density at radius 1 is 1.22 bits per heavy atom. The van der Waals surface area contributed by atoms with E-state index in [2.05, 4.69) is 12.2 Å². The lowest BCUT2D eigenvalue weighted by atomic mass is 10.1. The highest BCUT2D eigenvalue weighted by molar-refractivity contribution is 5.08. The third-order valence-electron chi connectivity index (χ3n) is 2.76. The van der Waals surface area contributed by atoms with E-state index in [0.29, 0.717) is 0 Å². The zero-order chi connectivity index (χ0) is 6.27. The van der Waals surface area contributed by atoms with E-state index in [1.807, 2.05) is 0 Å². The number of hydrogen-bond donors (Lipinski definition) is 1. The van der Waals surface area contributed by atoms with Crippen LogP contribution >= 0.6 is 0 Å². The van der Waals surface area contributed by atoms with Crippen LogP contribution in [0.1, 0.15) is 12.8 Å². The molecule has 0 radical (unpaired) electrons. The van der Waals surface area contributed by atoms with Gasteiger partial charge in [-0.1, -0.05) is 12.2 Å². The first-order valence-corrected chi connectivity index (χ1v) is 3.78. The molecule has 0 aliphatic heterocycles. The first kappa shape index (κ1) is 5.48.